The lowest BCUT2D eigenvalue weighted by Crippen LogP contribution is -2.28. The van der Waals surface area contributed by atoms with Gasteiger partial charge in [0, 0.05) is 11.7 Å². The molecule has 0 spiro atoms. The van der Waals surface area contributed by atoms with Crippen LogP contribution in [0.25, 0.3) is 0 Å². The Morgan fingerprint density at radius 3 is 2.33 bits per heavy atom. The van der Waals surface area contributed by atoms with Gasteiger partial charge in [0.25, 0.3) is 0 Å². The third-order valence-corrected chi connectivity index (χ3v) is 4.17. The summed E-state index contributed by atoms with van der Waals surface area (Å²) in [5.74, 6) is 0. The van der Waals surface area contributed by atoms with Crippen molar-refractivity contribution in [1.29, 1.82) is 0 Å². The summed E-state index contributed by atoms with van der Waals surface area (Å²) in [7, 11) is 0. The van der Waals surface area contributed by atoms with E-state index in [1.807, 2.05) is 0 Å². The molecule has 0 aliphatic rings. The second-order valence-electron chi connectivity index (χ2n) is 6.82. The van der Waals surface area contributed by atoms with Crippen LogP contribution in [0.3, 0.4) is 0 Å². The minimum atomic E-state index is 0.172. The van der Waals surface area contributed by atoms with E-state index >= 15 is 0 Å². The van der Waals surface area contributed by atoms with Crippen molar-refractivity contribution in [3.63, 3.8) is 0 Å². The average Bonchev–Trinajstić information content (AvgIpc) is 2.43. The van der Waals surface area contributed by atoms with Crippen molar-refractivity contribution in [2.75, 3.05) is 5.32 Å². The maximum atomic E-state index is 3.68. The summed E-state index contributed by atoms with van der Waals surface area (Å²) in [6.07, 6.45) is 1.10. The predicted octanol–water partition coefficient (Wildman–Crippen LogP) is 5.47. The summed E-state index contributed by atoms with van der Waals surface area (Å²) in [6, 6.07) is 17.8. The third-order valence-electron chi connectivity index (χ3n) is 4.17. The number of hydrogen-bond donors (Lipinski definition) is 1. The zero-order valence-corrected chi connectivity index (χ0v) is 13.9. The summed E-state index contributed by atoms with van der Waals surface area (Å²) in [5, 5.41) is 3.68. The van der Waals surface area contributed by atoms with Crippen molar-refractivity contribution in [2.24, 2.45) is 0 Å². The molecule has 0 bridgehead atoms. The first kappa shape index (κ1) is 15.6. The maximum Gasteiger partial charge on any atom is 0.0374 e. The first-order valence-corrected chi connectivity index (χ1v) is 7.78. The fraction of sp³-hybridized carbons (Fsp3) is 0.400. The Hall–Kier alpha value is -1.76. The van der Waals surface area contributed by atoms with E-state index < -0.39 is 0 Å². The van der Waals surface area contributed by atoms with Crippen LogP contribution < -0.4 is 5.32 Å². The summed E-state index contributed by atoms with van der Waals surface area (Å²) in [6.45, 7) is 11.2. The van der Waals surface area contributed by atoms with Crippen LogP contribution in [0, 0.1) is 13.8 Å². The average molecular weight is 281 g/mol. The van der Waals surface area contributed by atoms with Crippen LogP contribution in [0.4, 0.5) is 5.69 Å². The van der Waals surface area contributed by atoms with Gasteiger partial charge >= 0.3 is 0 Å². The van der Waals surface area contributed by atoms with Gasteiger partial charge in [0.2, 0.25) is 0 Å². The fourth-order valence-corrected chi connectivity index (χ4v) is 2.98. The Balaban J connectivity index is 2.07. The van der Waals surface area contributed by atoms with Crippen molar-refractivity contribution >= 4 is 5.69 Å². The Morgan fingerprint density at radius 2 is 1.67 bits per heavy atom. The number of nitrogens with one attached hydrogen (secondary N) is 1. The van der Waals surface area contributed by atoms with Gasteiger partial charge in [-0.05, 0) is 55.4 Å². The molecule has 0 amide bonds. The number of rotatable bonds is 5. The van der Waals surface area contributed by atoms with Crippen LogP contribution >= 0.6 is 0 Å². The molecule has 1 N–H and O–H groups in total. The van der Waals surface area contributed by atoms with Crippen LogP contribution in [0.1, 0.15) is 43.9 Å². The van der Waals surface area contributed by atoms with Crippen molar-refractivity contribution in [1.82, 2.24) is 0 Å². The second-order valence-corrected chi connectivity index (χ2v) is 6.82. The van der Waals surface area contributed by atoms with E-state index in [1.54, 1.807) is 0 Å². The molecule has 112 valence electrons. The maximum absolute atomic E-state index is 3.68. The molecule has 0 aliphatic carbocycles. The lowest BCUT2D eigenvalue weighted by molar-refractivity contribution is 0.450. The molecule has 2 aromatic carbocycles. The van der Waals surface area contributed by atoms with Gasteiger partial charge in [0.05, 0.1) is 0 Å². The molecular weight excluding hydrogens is 254 g/mol. The standard InChI is InChI=1S/C20H27N/c1-15-11-12-16(2)19(13-15)21-17(3)14-20(4,5)18-9-7-6-8-10-18/h6-13,17,21H,14H2,1-5H3. The molecule has 0 aliphatic heterocycles. The highest BCUT2D eigenvalue weighted by Gasteiger charge is 2.23. The van der Waals surface area contributed by atoms with E-state index in [0.29, 0.717) is 6.04 Å². The van der Waals surface area contributed by atoms with E-state index in [4.69, 9.17) is 0 Å². The van der Waals surface area contributed by atoms with Gasteiger partial charge in [-0.1, -0.05) is 56.3 Å². The van der Waals surface area contributed by atoms with E-state index in [2.05, 4.69) is 88.5 Å². The van der Waals surface area contributed by atoms with Crippen LogP contribution in [0.2, 0.25) is 0 Å². The second kappa shape index (κ2) is 6.34. The smallest absolute Gasteiger partial charge is 0.0374 e. The minimum Gasteiger partial charge on any atom is -0.382 e. The zero-order valence-electron chi connectivity index (χ0n) is 13.9. The quantitative estimate of drug-likeness (QED) is 0.766. The monoisotopic (exact) mass is 281 g/mol. The normalized spacial score (nSPS) is 13.0. The van der Waals surface area contributed by atoms with Gasteiger partial charge in [-0.25, -0.2) is 0 Å². The first-order chi connectivity index (χ1) is 9.88. The molecule has 0 aromatic heterocycles. The van der Waals surface area contributed by atoms with E-state index in [1.165, 1.54) is 22.4 Å². The van der Waals surface area contributed by atoms with E-state index in [9.17, 15) is 0 Å². The molecule has 1 atom stereocenters. The zero-order chi connectivity index (χ0) is 15.5. The van der Waals surface area contributed by atoms with Gasteiger partial charge in [0.1, 0.15) is 0 Å². The summed E-state index contributed by atoms with van der Waals surface area (Å²) >= 11 is 0. The Morgan fingerprint density at radius 1 is 1.00 bits per heavy atom. The fourth-order valence-electron chi connectivity index (χ4n) is 2.98. The van der Waals surface area contributed by atoms with Crippen LogP contribution in [-0.2, 0) is 5.41 Å². The van der Waals surface area contributed by atoms with Gasteiger partial charge < -0.3 is 5.32 Å². The minimum absolute atomic E-state index is 0.172. The molecule has 2 rings (SSSR count). The Kier molecular flexibility index (Phi) is 4.72. The Bertz CT molecular complexity index is 584. The lowest BCUT2D eigenvalue weighted by atomic mass is 9.79. The predicted molar refractivity (Wildman–Crippen MR) is 93.1 cm³/mol. The van der Waals surface area contributed by atoms with E-state index in [0.717, 1.165) is 6.42 Å². The largest absolute Gasteiger partial charge is 0.382 e. The van der Waals surface area contributed by atoms with Crippen molar-refractivity contribution in [3.8, 4) is 0 Å². The van der Waals surface area contributed by atoms with Crippen molar-refractivity contribution in [3.05, 3.63) is 65.2 Å². The van der Waals surface area contributed by atoms with Crippen molar-refractivity contribution < 1.29 is 0 Å². The molecule has 1 heteroatoms. The number of hydrogen-bond acceptors (Lipinski definition) is 1. The number of aryl methyl sites for hydroxylation is 2. The number of benzene rings is 2. The lowest BCUT2D eigenvalue weighted by Gasteiger charge is -2.30. The van der Waals surface area contributed by atoms with Gasteiger partial charge in [-0.3, -0.25) is 0 Å². The van der Waals surface area contributed by atoms with Gasteiger partial charge in [-0.15, -0.1) is 0 Å². The molecular formula is C20H27N. The molecule has 21 heavy (non-hydrogen) atoms. The SMILES string of the molecule is Cc1ccc(C)c(NC(C)CC(C)(C)c2ccccc2)c1. The van der Waals surface area contributed by atoms with Gasteiger partial charge in [0.15, 0.2) is 0 Å². The Labute approximate surface area is 129 Å². The third kappa shape index (κ3) is 4.10. The molecule has 2 aromatic rings. The molecule has 0 radical (unpaired) electrons. The molecule has 1 nitrogen and oxygen atoms in total. The van der Waals surface area contributed by atoms with Gasteiger partial charge in [-0.2, -0.15) is 0 Å². The summed E-state index contributed by atoms with van der Waals surface area (Å²) in [4.78, 5) is 0. The molecule has 0 saturated carbocycles. The van der Waals surface area contributed by atoms with Crippen molar-refractivity contribution in [2.45, 2.75) is 52.5 Å². The summed E-state index contributed by atoms with van der Waals surface area (Å²) in [5.41, 5.74) is 5.44. The highest BCUT2D eigenvalue weighted by atomic mass is 14.9. The first-order valence-electron chi connectivity index (χ1n) is 7.78. The molecule has 0 heterocycles. The summed E-state index contributed by atoms with van der Waals surface area (Å²) < 4.78 is 0. The topological polar surface area (TPSA) is 12.0 Å². The van der Waals surface area contributed by atoms with Crippen LogP contribution in [0.5, 0.6) is 0 Å². The van der Waals surface area contributed by atoms with Crippen LogP contribution in [0.15, 0.2) is 48.5 Å². The molecule has 1 unspecified atom stereocenters. The molecule has 0 fully saturated rings. The highest BCUT2D eigenvalue weighted by molar-refractivity contribution is 5.53. The van der Waals surface area contributed by atoms with Crippen LogP contribution in [-0.4, -0.2) is 6.04 Å². The highest BCUT2D eigenvalue weighted by Crippen LogP contribution is 2.29. The molecule has 0 saturated heterocycles. The van der Waals surface area contributed by atoms with E-state index in [-0.39, 0.29) is 5.41 Å². The number of anilines is 1.